The minimum Gasteiger partial charge on any atom is -0.344 e. The molecule has 21 heavy (non-hydrogen) atoms. The fourth-order valence-electron chi connectivity index (χ4n) is 3.06. The summed E-state index contributed by atoms with van der Waals surface area (Å²) in [5.74, 6) is 0.347. The Bertz CT molecular complexity index is 606. The lowest BCUT2D eigenvalue weighted by atomic mass is 9.91. The Kier molecular flexibility index (Phi) is 4.25. The summed E-state index contributed by atoms with van der Waals surface area (Å²) in [6.07, 6.45) is 7.78. The number of aromatic nitrogens is 2. The lowest BCUT2D eigenvalue weighted by molar-refractivity contribution is 0.0917. The molecule has 3 rings (SSSR count). The van der Waals surface area contributed by atoms with E-state index in [4.69, 9.17) is 11.6 Å². The van der Waals surface area contributed by atoms with Crippen LogP contribution in [0, 0.1) is 5.92 Å². The molecule has 1 heterocycles. The summed E-state index contributed by atoms with van der Waals surface area (Å²) in [4.78, 5) is 19.1. The Balaban J connectivity index is 1.84. The number of nitrogens with one attached hydrogen (secondary N) is 2. The van der Waals surface area contributed by atoms with E-state index in [9.17, 15) is 4.79 Å². The number of benzene rings is 1. The minimum absolute atomic E-state index is 0.00185. The number of H-pyrrole nitrogens is 1. The molecule has 0 radical (unpaired) electrons. The zero-order valence-corrected chi connectivity index (χ0v) is 12.4. The Morgan fingerprint density at radius 2 is 2.19 bits per heavy atom. The van der Waals surface area contributed by atoms with Crippen molar-refractivity contribution >= 4 is 17.5 Å². The first-order valence-corrected chi connectivity index (χ1v) is 7.66. The Labute approximate surface area is 128 Å². The van der Waals surface area contributed by atoms with Gasteiger partial charge < -0.3 is 10.3 Å². The molecule has 1 aliphatic rings. The van der Waals surface area contributed by atoms with E-state index in [1.807, 2.05) is 24.3 Å². The third kappa shape index (κ3) is 3.27. The zero-order valence-electron chi connectivity index (χ0n) is 11.7. The van der Waals surface area contributed by atoms with Crippen molar-refractivity contribution in [3.05, 3.63) is 53.1 Å². The van der Waals surface area contributed by atoms with Crippen LogP contribution in [0.2, 0.25) is 5.02 Å². The maximum absolute atomic E-state index is 12.3. The highest BCUT2D eigenvalue weighted by molar-refractivity contribution is 6.30. The predicted molar refractivity (Wildman–Crippen MR) is 82.2 cm³/mol. The number of carbonyl (C=O) groups is 1. The van der Waals surface area contributed by atoms with Crippen molar-refractivity contribution in [2.75, 3.05) is 0 Å². The molecule has 2 aromatic rings. The molecular formula is C16H18ClN3O. The second-order valence-electron chi connectivity index (χ2n) is 5.52. The zero-order chi connectivity index (χ0) is 14.7. The molecule has 0 aliphatic heterocycles. The van der Waals surface area contributed by atoms with Crippen LogP contribution in [0.15, 0.2) is 36.8 Å². The summed E-state index contributed by atoms with van der Waals surface area (Å²) in [5, 5.41) is 3.84. The number of carbonyl (C=O) groups excluding carboxylic acids is 1. The number of nitrogens with zero attached hydrogens (tertiary/aromatic N) is 1. The van der Waals surface area contributed by atoms with Gasteiger partial charge in [-0.1, -0.05) is 36.6 Å². The molecule has 1 aliphatic carbocycles. The number of halogens is 1. The van der Waals surface area contributed by atoms with E-state index in [1.165, 1.54) is 19.2 Å². The average Bonchev–Trinajstić information content (AvgIpc) is 3.17. The summed E-state index contributed by atoms with van der Waals surface area (Å²) in [7, 11) is 0. The van der Waals surface area contributed by atoms with E-state index in [0.29, 0.717) is 16.6 Å². The average molecular weight is 304 g/mol. The molecule has 0 spiro atoms. The Hall–Kier alpha value is -1.81. The third-order valence-electron chi connectivity index (χ3n) is 4.11. The summed E-state index contributed by atoms with van der Waals surface area (Å²) in [6, 6.07) is 7.76. The second kappa shape index (κ2) is 6.31. The van der Waals surface area contributed by atoms with E-state index in [-0.39, 0.29) is 11.9 Å². The Morgan fingerprint density at radius 1 is 1.38 bits per heavy atom. The minimum atomic E-state index is -0.121. The molecular weight excluding hydrogens is 286 g/mol. The van der Waals surface area contributed by atoms with E-state index in [1.54, 1.807) is 6.20 Å². The molecule has 4 nitrogen and oxygen atoms in total. The summed E-state index contributed by atoms with van der Waals surface area (Å²) < 4.78 is 0. The van der Waals surface area contributed by atoms with E-state index in [0.717, 1.165) is 18.4 Å². The number of hydrogen-bond acceptors (Lipinski definition) is 2. The molecule has 5 heteroatoms. The van der Waals surface area contributed by atoms with Crippen LogP contribution in [-0.4, -0.2) is 15.9 Å². The van der Waals surface area contributed by atoms with Crippen LogP contribution in [0.25, 0.3) is 0 Å². The van der Waals surface area contributed by atoms with Crippen LogP contribution >= 0.6 is 11.6 Å². The highest BCUT2D eigenvalue weighted by Crippen LogP contribution is 2.36. The molecule has 1 amide bonds. The van der Waals surface area contributed by atoms with Crippen molar-refractivity contribution in [1.82, 2.24) is 15.3 Å². The summed E-state index contributed by atoms with van der Waals surface area (Å²) in [6.45, 7) is 0. The lowest BCUT2D eigenvalue weighted by Gasteiger charge is -2.25. The molecule has 1 aromatic heterocycles. The van der Waals surface area contributed by atoms with Gasteiger partial charge in [0.25, 0.3) is 5.91 Å². The van der Waals surface area contributed by atoms with Gasteiger partial charge in [0.05, 0.1) is 18.6 Å². The number of aromatic amines is 1. The molecule has 0 bridgehead atoms. The van der Waals surface area contributed by atoms with Crippen molar-refractivity contribution in [3.8, 4) is 0 Å². The van der Waals surface area contributed by atoms with Gasteiger partial charge in [0.1, 0.15) is 5.69 Å². The van der Waals surface area contributed by atoms with Crippen molar-refractivity contribution in [1.29, 1.82) is 0 Å². The van der Waals surface area contributed by atoms with Crippen molar-refractivity contribution in [3.63, 3.8) is 0 Å². The predicted octanol–water partition coefficient (Wildman–Crippen LogP) is 3.72. The fourth-order valence-corrected chi connectivity index (χ4v) is 3.26. The summed E-state index contributed by atoms with van der Waals surface area (Å²) >= 11 is 6.10. The van der Waals surface area contributed by atoms with Gasteiger partial charge in [-0.15, -0.1) is 0 Å². The van der Waals surface area contributed by atoms with Gasteiger partial charge in [-0.05, 0) is 36.5 Å². The maximum atomic E-state index is 12.3. The topological polar surface area (TPSA) is 57.8 Å². The molecule has 2 N–H and O–H groups in total. The largest absolute Gasteiger partial charge is 0.344 e. The first-order valence-electron chi connectivity index (χ1n) is 7.29. The number of imidazole rings is 1. The number of hydrogen-bond donors (Lipinski definition) is 2. The standard InChI is InChI=1S/C16H18ClN3O/c17-13-7-3-6-12(8-13)15(11-4-1-2-5-11)20-16(21)14-9-18-10-19-14/h3,6-11,15H,1-2,4-5H2,(H,18,19)(H,20,21). The van der Waals surface area contributed by atoms with Crippen LogP contribution in [0.5, 0.6) is 0 Å². The normalized spacial score (nSPS) is 16.8. The highest BCUT2D eigenvalue weighted by atomic mass is 35.5. The van der Waals surface area contributed by atoms with Crippen LogP contribution < -0.4 is 5.32 Å². The highest BCUT2D eigenvalue weighted by Gasteiger charge is 2.28. The first-order chi connectivity index (χ1) is 10.2. The van der Waals surface area contributed by atoms with Crippen molar-refractivity contribution in [2.24, 2.45) is 5.92 Å². The van der Waals surface area contributed by atoms with Gasteiger partial charge in [-0.3, -0.25) is 4.79 Å². The molecule has 1 atom stereocenters. The van der Waals surface area contributed by atoms with Gasteiger partial charge in [-0.2, -0.15) is 0 Å². The lowest BCUT2D eigenvalue weighted by Crippen LogP contribution is -2.33. The SMILES string of the molecule is O=C(NC(c1cccc(Cl)c1)C1CCCC1)c1cnc[nH]1. The number of rotatable bonds is 4. The molecule has 1 aromatic carbocycles. The van der Waals surface area contributed by atoms with Crippen molar-refractivity contribution < 1.29 is 4.79 Å². The van der Waals surface area contributed by atoms with E-state index in [2.05, 4.69) is 15.3 Å². The first kappa shape index (κ1) is 14.1. The van der Waals surface area contributed by atoms with Crippen LogP contribution in [0.3, 0.4) is 0 Å². The monoisotopic (exact) mass is 303 g/mol. The quantitative estimate of drug-likeness (QED) is 0.904. The molecule has 110 valence electrons. The third-order valence-corrected chi connectivity index (χ3v) is 4.34. The second-order valence-corrected chi connectivity index (χ2v) is 5.95. The van der Waals surface area contributed by atoms with Gasteiger partial charge in [0, 0.05) is 5.02 Å². The van der Waals surface area contributed by atoms with Crippen molar-refractivity contribution in [2.45, 2.75) is 31.7 Å². The van der Waals surface area contributed by atoms with Gasteiger partial charge in [0.15, 0.2) is 0 Å². The smallest absolute Gasteiger partial charge is 0.269 e. The molecule has 1 saturated carbocycles. The van der Waals surface area contributed by atoms with Crippen LogP contribution in [0.1, 0.15) is 47.8 Å². The van der Waals surface area contributed by atoms with Gasteiger partial charge in [0.2, 0.25) is 0 Å². The van der Waals surface area contributed by atoms with Gasteiger partial charge in [-0.25, -0.2) is 4.98 Å². The molecule has 0 saturated heterocycles. The fraction of sp³-hybridized carbons (Fsp3) is 0.375. The summed E-state index contributed by atoms with van der Waals surface area (Å²) in [5.41, 5.74) is 1.56. The molecule has 1 unspecified atom stereocenters. The molecule has 1 fully saturated rings. The Morgan fingerprint density at radius 3 is 2.86 bits per heavy atom. The van der Waals surface area contributed by atoms with Crippen LogP contribution in [-0.2, 0) is 0 Å². The number of amides is 1. The van der Waals surface area contributed by atoms with Crippen LogP contribution in [0.4, 0.5) is 0 Å². The van der Waals surface area contributed by atoms with Gasteiger partial charge >= 0.3 is 0 Å². The van der Waals surface area contributed by atoms with E-state index >= 15 is 0 Å². The maximum Gasteiger partial charge on any atom is 0.269 e. The van der Waals surface area contributed by atoms with E-state index < -0.39 is 0 Å².